The van der Waals surface area contributed by atoms with Crippen molar-refractivity contribution in [3.05, 3.63) is 29.5 Å². The van der Waals surface area contributed by atoms with Crippen LogP contribution in [-0.2, 0) is 9.59 Å². The van der Waals surface area contributed by atoms with Gasteiger partial charge in [0.15, 0.2) is 0 Å². The maximum absolute atomic E-state index is 12.0. The zero-order valence-corrected chi connectivity index (χ0v) is 10.9. The molecule has 2 heterocycles. The van der Waals surface area contributed by atoms with Crippen molar-refractivity contribution in [2.24, 2.45) is 0 Å². The number of amides is 2. The lowest BCUT2D eigenvalue weighted by Crippen LogP contribution is -2.42. The minimum atomic E-state index is -0.394. The smallest absolute Gasteiger partial charge is 0.251 e. The van der Waals surface area contributed by atoms with E-state index in [4.69, 9.17) is 0 Å². The number of rotatable bonds is 1. The molecule has 1 N–H and O–H groups in total. The number of aryl methyl sites for hydroxylation is 2. The Bertz CT molecular complexity index is 687. The number of nitrogens with one attached hydrogen (secondary N) is 1. The van der Waals surface area contributed by atoms with E-state index in [-0.39, 0.29) is 11.8 Å². The van der Waals surface area contributed by atoms with Gasteiger partial charge in [0.1, 0.15) is 6.04 Å². The van der Waals surface area contributed by atoms with E-state index in [0.29, 0.717) is 12.8 Å². The summed E-state index contributed by atoms with van der Waals surface area (Å²) in [4.78, 5) is 23.2. The summed E-state index contributed by atoms with van der Waals surface area (Å²) in [5.41, 5.74) is 2.97. The fraction of sp³-hybridized carbons (Fsp3) is 0.357. The van der Waals surface area contributed by atoms with Crippen molar-refractivity contribution in [3.63, 3.8) is 0 Å². The molecule has 2 amide bonds. The number of benzene rings is 1. The molecule has 1 aliphatic heterocycles. The van der Waals surface area contributed by atoms with E-state index in [2.05, 4.69) is 10.4 Å². The molecule has 1 aliphatic rings. The minimum absolute atomic E-state index is 0.203. The number of fused-ring (bicyclic) bond motifs is 1. The lowest BCUT2D eigenvalue weighted by atomic mass is 10.1. The standard InChI is InChI=1S/C14H15N3O2/c1-8-4-3-5-10-9(2)16-17(13(8)10)11-6-7-12(18)15-14(11)19/h3-5,11H,6-7H2,1-2H3,(H,15,18,19). The van der Waals surface area contributed by atoms with Crippen LogP contribution in [0.5, 0.6) is 0 Å². The number of aromatic nitrogens is 2. The van der Waals surface area contributed by atoms with E-state index in [1.165, 1.54) is 0 Å². The SMILES string of the molecule is Cc1nn(C2CCC(=O)NC2=O)c2c(C)cccc12. The fourth-order valence-corrected chi connectivity index (χ4v) is 2.66. The first-order chi connectivity index (χ1) is 9.08. The second-order valence-electron chi connectivity index (χ2n) is 4.97. The maximum atomic E-state index is 12.0. The van der Waals surface area contributed by atoms with Gasteiger partial charge in [0.2, 0.25) is 5.91 Å². The summed E-state index contributed by atoms with van der Waals surface area (Å²) < 4.78 is 1.77. The average Bonchev–Trinajstić information content (AvgIpc) is 2.68. The predicted molar refractivity (Wildman–Crippen MR) is 70.6 cm³/mol. The molecular formula is C14H15N3O2. The number of carbonyl (C=O) groups is 2. The topological polar surface area (TPSA) is 64.0 Å². The Morgan fingerprint density at radius 3 is 2.84 bits per heavy atom. The van der Waals surface area contributed by atoms with Crippen molar-refractivity contribution in [3.8, 4) is 0 Å². The summed E-state index contributed by atoms with van der Waals surface area (Å²) in [6.07, 6.45) is 0.873. The summed E-state index contributed by atoms with van der Waals surface area (Å²) in [5, 5.41) is 7.94. The van der Waals surface area contributed by atoms with Gasteiger partial charge in [-0.05, 0) is 25.8 Å². The number of hydrogen-bond acceptors (Lipinski definition) is 3. The summed E-state index contributed by atoms with van der Waals surface area (Å²) >= 11 is 0. The summed E-state index contributed by atoms with van der Waals surface area (Å²) in [6, 6.07) is 5.61. The van der Waals surface area contributed by atoms with Crippen molar-refractivity contribution < 1.29 is 9.59 Å². The van der Waals surface area contributed by atoms with Crippen molar-refractivity contribution in [2.75, 3.05) is 0 Å². The highest BCUT2D eigenvalue weighted by Crippen LogP contribution is 2.27. The van der Waals surface area contributed by atoms with Crippen LogP contribution < -0.4 is 5.32 Å². The molecule has 5 nitrogen and oxygen atoms in total. The van der Waals surface area contributed by atoms with Crippen LogP contribution in [0.3, 0.4) is 0 Å². The van der Waals surface area contributed by atoms with Crippen LogP contribution in [0.15, 0.2) is 18.2 Å². The van der Waals surface area contributed by atoms with Crippen LogP contribution in [0.1, 0.15) is 30.1 Å². The highest BCUT2D eigenvalue weighted by Gasteiger charge is 2.30. The second-order valence-corrected chi connectivity index (χ2v) is 4.97. The summed E-state index contributed by atoms with van der Waals surface area (Å²) in [7, 11) is 0. The van der Waals surface area contributed by atoms with Gasteiger partial charge in [0.25, 0.3) is 5.91 Å². The van der Waals surface area contributed by atoms with Gasteiger partial charge in [-0.25, -0.2) is 0 Å². The molecule has 19 heavy (non-hydrogen) atoms. The molecule has 0 saturated carbocycles. The van der Waals surface area contributed by atoms with Crippen LogP contribution in [0, 0.1) is 13.8 Å². The molecule has 1 aromatic carbocycles. The van der Waals surface area contributed by atoms with Gasteiger partial charge < -0.3 is 0 Å². The molecule has 0 spiro atoms. The van der Waals surface area contributed by atoms with Crippen LogP contribution in [0.25, 0.3) is 10.9 Å². The fourth-order valence-electron chi connectivity index (χ4n) is 2.66. The van der Waals surface area contributed by atoms with Gasteiger partial charge in [-0.2, -0.15) is 5.10 Å². The Morgan fingerprint density at radius 2 is 2.11 bits per heavy atom. The largest absolute Gasteiger partial charge is 0.295 e. The normalized spacial score (nSPS) is 19.8. The predicted octanol–water partition coefficient (Wildman–Crippen LogP) is 1.63. The average molecular weight is 257 g/mol. The Morgan fingerprint density at radius 1 is 1.32 bits per heavy atom. The van der Waals surface area contributed by atoms with Crippen molar-refractivity contribution >= 4 is 22.7 Å². The Hall–Kier alpha value is -2.17. The molecule has 5 heteroatoms. The zero-order valence-electron chi connectivity index (χ0n) is 10.9. The van der Waals surface area contributed by atoms with E-state index in [9.17, 15) is 9.59 Å². The van der Waals surface area contributed by atoms with Crippen molar-refractivity contribution in [2.45, 2.75) is 32.7 Å². The zero-order chi connectivity index (χ0) is 13.6. The molecular weight excluding hydrogens is 242 g/mol. The number of hydrogen-bond donors (Lipinski definition) is 1. The summed E-state index contributed by atoms with van der Waals surface area (Å²) in [6.45, 7) is 3.94. The number of carbonyl (C=O) groups excluding carboxylic acids is 2. The molecule has 1 atom stereocenters. The molecule has 0 bridgehead atoms. The number of piperidine rings is 1. The van der Waals surface area contributed by atoms with E-state index in [1.807, 2.05) is 32.0 Å². The van der Waals surface area contributed by atoms with E-state index >= 15 is 0 Å². The first kappa shape index (κ1) is 11.9. The number of para-hydroxylation sites is 1. The van der Waals surface area contributed by atoms with Crippen molar-refractivity contribution in [1.82, 2.24) is 15.1 Å². The van der Waals surface area contributed by atoms with Gasteiger partial charge in [-0.1, -0.05) is 18.2 Å². The van der Waals surface area contributed by atoms with Gasteiger partial charge in [-0.15, -0.1) is 0 Å². The minimum Gasteiger partial charge on any atom is -0.295 e. The first-order valence-electron chi connectivity index (χ1n) is 6.36. The molecule has 0 radical (unpaired) electrons. The van der Waals surface area contributed by atoms with Gasteiger partial charge in [0, 0.05) is 11.8 Å². The van der Waals surface area contributed by atoms with Crippen LogP contribution >= 0.6 is 0 Å². The lowest BCUT2D eigenvalue weighted by Gasteiger charge is -2.22. The molecule has 1 saturated heterocycles. The monoisotopic (exact) mass is 257 g/mol. The van der Waals surface area contributed by atoms with Gasteiger partial charge in [-0.3, -0.25) is 19.6 Å². The van der Waals surface area contributed by atoms with Gasteiger partial charge in [0.05, 0.1) is 11.2 Å². The lowest BCUT2D eigenvalue weighted by molar-refractivity contribution is -0.135. The van der Waals surface area contributed by atoms with E-state index in [1.54, 1.807) is 4.68 Å². The number of imide groups is 1. The third-order valence-electron chi connectivity index (χ3n) is 3.62. The molecule has 1 unspecified atom stereocenters. The maximum Gasteiger partial charge on any atom is 0.251 e. The molecule has 2 aromatic rings. The Balaban J connectivity index is 2.15. The molecule has 1 aromatic heterocycles. The van der Waals surface area contributed by atoms with E-state index < -0.39 is 6.04 Å². The molecule has 98 valence electrons. The van der Waals surface area contributed by atoms with Gasteiger partial charge >= 0.3 is 0 Å². The highest BCUT2D eigenvalue weighted by atomic mass is 16.2. The highest BCUT2D eigenvalue weighted by molar-refractivity contribution is 6.00. The molecule has 3 rings (SSSR count). The second kappa shape index (κ2) is 4.19. The van der Waals surface area contributed by atoms with E-state index in [0.717, 1.165) is 22.2 Å². The number of nitrogens with zero attached hydrogens (tertiary/aromatic N) is 2. The van der Waals surface area contributed by atoms with Crippen LogP contribution in [-0.4, -0.2) is 21.6 Å². The van der Waals surface area contributed by atoms with Crippen molar-refractivity contribution in [1.29, 1.82) is 0 Å². The summed E-state index contributed by atoms with van der Waals surface area (Å²) in [5.74, 6) is -0.463. The van der Waals surface area contributed by atoms with Crippen LogP contribution in [0.2, 0.25) is 0 Å². The Labute approximate surface area is 110 Å². The quantitative estimate of drug-likeness (QED) is 0.790. The molecule has 1 fully saturated rings. The first-order valence-corrected chi connectivity index (χ1v) is 6.36. The Kier molecular flexibility index (Phi) is 2.62. The van der Waals surface area contributed by atoms with Crippen LogP contribution in [0.4, 0.5) is 0 Å². The third kappa shape index (κ3) is 1.82. The molecule has 0 aliphatic carbocycles. The third-order valence-corrected chi connectivity index (χ3v) is 3.62.